The van der Waals surface area contributed by atoms with Crippen LogP contribution in [0, 0.1) is 0 Å². The number of carbonyl (C=O) groups excluding carboxylic acids is 1. The molecule has 0 aliphatic rings. The number of benzene rings is 3. The van der Waals surface area contributed by atoms with Gasteiger partial charge in [-0.15, -0.1) is 0 Å². The maximum absolute atomic E-state index is 13.5. The van der Waals surface area contributed by atoms with Crippen LogP contribution in [0.25, 0.3) is 33.7 Å². The smallest absolute Gasteiger partial charge is 0.416 e. The van der Waals surface area contributed by atoms with Crippen LogP contribution in [-0.2, 0) is 17.5 Å². The first-order valence-electron chi connectivity index (χ1n) is 13.6. The van der Waals surface area contributed by atoms with E-state index in [1.54, 1.807) is 35.0 Å². The molecule has 11 heteroatoms. The number of carboxylic acids is 1. The molecule has 2 aromatic heterocycles. The lowest BCUT2D eigenvalue weighted by atomic mass is 10.1. The van der Waals surface area contributed by atoms with Crippen LogP contribution in [0.3, 0.4) is 0 Å². The molecule has 2 heterocycles. The zero-order valence-corrected chi connectivity index (χ0v) is 23.1. The highest BCUT2D eigenvalue weighted by molar-refractivity contribution is 5.94. The van der Waals surface area contributed by atoms with Crippen molar-refractivity contribution in [1.29, 1.82) is 0 Å². The fourth-order valence-electron chi connectivity index (χ4n) is 4.54. The van der Waals surface area contributed by atoms with Crippen molar-refractivity contribution in [2.75, 3.05) is 13.2 Å². The van der Waals surface area contributed by atoms with Crippen LogP contribution < -0.4 is 10.1 Å². The molecule has 0 aliphatic carbocycles. The highest BCUT2D eigenvalue weighted by atomic mass is 19.4. The minimum Gasteiger partial charge on any atom is -0.493 e. The third-order valence-electron chi connectivity index (χ3n) is 6.68. The molecule has 0 bridgehead atoms. The monoisotopic (exact) mass is 591 g/mol. The van der Waals surface area contributed by atoms with Gasteiger partial charge in [0.25, 0.3) is 5.91 Å². The second kappa shape index (κ2) is 12.4. The van der Waals surface area contributed by atoms with Crippen LogP contribution >= 0.6 is 0 Å². The van der Waals surface area contributed by atoms with Crippen molar-refractivity contribution in [2.45, 2.75) is 32.5 Å². The number of ether oxygens (including phenoxy) is 1. The zero-order chi connectivity index (χ0) is 30.6. The first kappa shape index (κ1) is 29.4. The number of nitrogens with one attached hydrogen (secondary N) is 1. The highest BCUT2D eigenvalue weighted by Gasteiger charge is 2.32. The second-order valence-electron chi connectivity index (χ2n) is 9.87. The van der Waals surface area contributed by atoms with Crippen LogP contribution in [0.1, 0.15) is 41.3 Å². The summed E-state index contributed by atoms with van der Waals surface area (Å²) in [6.07, 6.45) is -4.09. The van der Waals surface area contributed by atoms with E-state index in [2.05, 4.69) is 5.32 Å². The molecule has 5 aromatic rings. The van der Waals surface area contributed by atoms with Gasteiger partial charge in [-0.1, -0.05) is 37.3 Å². The van der Waals surface area contributed by atoms with Gasteiger partial charge in [0.2, 0.25) is 0 Å². The Morgan fingerprint density at radius 2 is 1.79 bits per heavy atom. The molecule has 2 N–H and O–H groups in total. The van der Waals surface area contributed by atoms with E-state index in [0.717, 1.165) is 23.1 Å². The number of aliphatic carboxylic acids is 1. The van der Waals surface area contributed by atoms with E-state index >= 15 is 0 Å². The molecule has 0 radical (unpaired) electrons. The molecule has 0 saturated carbocycles. The van der Waals surface area contributed by atoms with Gasteiger partial charge in [-0.25, -0.2) is 0 Å². The Bertz CT molecular complexity index is 1720. The lowest BCUT2D eigenvalue weighted by Crippen LogP contribution is -2.25. The topological polar surface area (TPSA) is 107 Å². The number of alkyl halides is 3. The summed E-state index contributed by atoms with van der Waals surface area (Å²) in [5, 5.41) is 17.0. The van der Waals surface area contributed by atoms with E-state index in [4.69, 9.17) is 19.4 Å². The van der Waals surface area contributed by atoms with Crippen molar-refractivity contribution in [2.24, 2.45) is 0 Å². The van der Waals surface area contributed by atoms with Crippen molar-refractivity contribution < 1.29 is 37.0 Å². The van der Waals surface area contributed by atoms with Gasteiger partial charge < -0.3 is 19.6 Å². The van der Waals surface area contributed by atoms with Crippen LogP contribution in [-0.4, -0.2) is 39.9 Å². The molecule has 0 unspecified atom stereocenters. The average Bonchev–Trinajstić information content (AvgIpc) is 3.60. The Morgan fingerprint density at radius 3 is 2.49 bits per heavy atom. The maximum atomic E-state index is 13.5. The number of halogens is 3. The summed E-state index contributed by atoms with van der Waals surface area (Å²) in [5.41, 5.74) is 2.44. The first-order chi connectivity index (χ1) is 20.6. The summed E-state index contributed by atoms with van der Waals surface area (Å²) >= 11 is 0. The molecule has 0 saturated heterocycles. The largest absolute Gasteiger partial charge is 0.493 e. The van der Waals surface area contributed by atoms with Gasteiger partial charge in [-0.3, -0.25) is 14.3 Å². The molecule has 0 fully saturated rings. The molecule has 5 rings (SSSR count). The average molecular weight is 592 g/mol. The Labute approximate surface area is 244 Å². The van der Waals surface area contributed by atoms with Gasteiger partial charge in [0.15, 0.2) is 5.76 Å². The van der Waals surface area contributed by atoms with E-state index < -0.39 is 17.7 Å². The number of rotatable bonds is 11. The van der Waals surface area contributed by atoms with Gasteiger partial charge in [0, 0.05) is 23.1 Å². The number of aromatic nitrogens is 2. The number of carbonyl (C=O) groups is 2. The number of hydrogen-bond acceptors (Lipinski definition) is 5. The number of amides is 1. The normalized spacial score (nSPS) is 11.5. The van der Waals surface area contributed by atoms with Crippen molar-refractivity contribution in [3.8, 4) is 28.5 Å². The van der Waals surface area contributed by atoms with E-state index in [1.165, 1.54) is 6.07 Å². The first-order valence-corrected chi connectivity index (χ1v) is 13.6. The summed E-state index contributed by atoms with van der Waals surface area (Å²) in [5.74, 6) is -0.790. The van der Waals surface area contributed by atoms with Crippen LogP contribution in [0.2, 0.25) is 0 Å². The summed E-state index contributed by atoms with van der Waals surface area (Å²) < 4.78 is 54.0. The second-order valence-corrected chi connectivity index (χ2v) is 9.87. The van der Waals surface area contributed by atoms with E-state index in [9.17, 15) is 22.8 Å². The van der Waals surface area contributed by atoms with Gasteiger partial charge in [-0.2, -0.15) is 18.3 Å². The Balaban J connectivity index is 1.51. The van der Waals surface area contributed by atoms with E-state index in [0.29, 0.717) is 40.3 Å². The predicted molar refractivity (Wildman–Crippen MR) is 154 cm³/mol. The van der Waals surface area contributed by atoms with E-state index in [-0.39, 0.29) is 37.8 Å². The summed E-state index contributed by atoms with van der Waals surface area (Å²) in [6.45, 7) is 2.38. The Hall–Kier alpha value is -5.06. The molecule has 0 spiro atoms. The molecule has 8 nitrogen and oxygen atoms in total. The predicted octanol–water partition coefficient (Wildman–Crippen LogP) is 7.02. The van der Waals surface area contributed by atoms with Crippen LogP contribution in [0.4, 0.5) is 13.2 Å². The van der Waals surface area contributed by atoms with Gasteiger partial charge in [-0.05, 0) is 60.5 Å². The fraction of sp³-hybridized carbons (Fsp3) is 0.219. The van der Waals surface area contributed by atoms with Crippen LogP contribution in [0.5, 0.6) is 5.75 Å². The van der Waals surface area contributed by atoms with E-state index in [1.807, 2.05) is 37.3 Å². The molecule has 3 aromatic carbocycles. The standard InChI is InChI=1S/C32H28F3N3O5/c1-2-15-42-28-17-23(32(33,34)35)11-12-24(28)25-18-26(29-16-22-5-3-4-6-27(22)43-29)38(37-25)19-20-7-9-21(10-8-20)31(41)36-14-13-30(39)40/h3-12,16-18H,2,13-15,19H2,1H3,(H,36,41)(H,39,40). The number of para-hydroxylation sites is 1. The molecule has 1 amide bonds. The fourth-order valence-corrected chi connectivity index (χ4v) is 4.54. The number of carboxylic acid groups (broad SMARTS) is 1. The Morgan fingerprint density at radius 1 is 1.02 bits per heavy atom. The minimum atomic E-state index is -4.53. The van der Waals surface area contributed by atoms with Gasteiger partial charge in [0.1, 0.15) is 17.0 Å². The Kier molecular flexibility index (Phi) is 8.51. The third-order valence-corrected chi connectivity index (χ3v) is 6.68. The molecule has 0 atom stereocenters. The molecule has 222 valence electrons. The summed E-state index contributed by atoms with van der Waals surface area (Å²) in [6, 6.07) is 21.3. The lowest BCUT2D eigenvalue weighted by Gasteiger charge is -2.13. The quantitative estimate of drug-likeness (QED) is 0.171. The SMILES string of the molecule is CCCOc1cc(C(F)(F)F)ccc1-c1cc(-c2cc3ccccc3o2)n(Cc2ccc(C(=O)NCCC(=O)O)cc2)n1. The number of hydrogen-bond donors (Lipinski definition) is 2. The van der Waals surface area contributed by atoms with Crippen molar-refractivity contribution in [3.63, 3.8) is 0 Å². The summed E-state index contributed by atoms with van der Waals surface area (Å²) in [7, 11) is 0. The molecule has 0 aliphatic heterocycles. The lowest BCUT2D eigenvalue weighted by molar-refractivity contribution is -0.138. The van der Waals surface area contributed by atoms with Crippen molar-refractivity contribution in [1.82, 2.24) is 15.1 Å². The highest BCUT2D eigenvalue weighted by Crippen LogP contribution is 2.39. The minimum absolute atomic E-state index is 0.0146. The zero-order valence-electron chi connectivity index (χ0n) is 23.1. The molecular weight excluding hydrogens is 563 g/mol. The molecular formula is C32H28F3N3O5. The van der Waals surface area contributed by atoms with Gasteiger partial charge in [0.05, 0.1) is 30.8 Å². The summed E-state index contributed by atoms with van der Waals surface area (Å²) in [4.78, 5) is 23.1. The number of nitrogens with zero attached hydrogens (tertiary/aromatic N) is 2. The van der Waals surface area contributed by atoms with Crippen molar-refractivity contribution >= 4 is 22.8 Å². The van der Waals surface area contributed by atoms with Crippen molar-refractivity contribution in [3.05, 3.63) is 95.6 Å². The number of furan rings is 1. The third kappa shape index (κ3) is 6.88. The number of fused-ring (bicyclic) bond motifs is 1. The van der Waals surface area contributed by atoms with Crippen LogP contribution in [0.15, 0.2) is 83.3 Å². The molecule has 43 heavy (non-hydrogen) atoms. The van der Waals surface area contributed by atoms with Gasteiger partial charge >= 0.3 is 12.1 Å². The maximum Gasteiger partial charge on any atom is 0.416 e.